The van der Waals surface area contributed by atoms with E-state index in [4.69, 9.17) is 4.74 Å². The van der Waals surface area contributed by atoms with E-state index in [9.17, 15) is 9.59 Å². The van der Waals surface area contributed by atoms with Crippen molar-refractivity contribution in [2.45, 2.75) is 51.3 Å². The van der Waals surface area contributed by atoms with Gasteiger partial charge in [-0.05, 0) is 55.5 Å². The Balaban J connectivity index is 1.48. The van der Waals surface area contributed by atoms with E-state index in [1.54, 1.807) is 18.5 Å². The van der Waals surface area contributed by atoms with Crippen molar-refractivity contribution in [1.29, 1.82) is 0 Å². The molecule has 4 rings (SSSR count). The molecule has 1 aliphatic rings. The predicted molar refractivity (Wildman–Crippen MR) is 138 cm³/mol. The van der Waals surface area contributed by atoms with E-state index in [1.165, 1.54) is 25.1 Å². The third-order valence-electron chi connectivity index (χ3n) is 5.96. The van der Waals surface area contributed by atoms with Gasteiger partial charge in [-0.2, -0.15) is 0 Å². The van der Waals surface area contributed by atoms with Crippen LogP contribution in [0.3, 0.4) is 0 Å². The standard InChI is InChI=1S/C29H31N3O4/c1-29(2,3)36-28(34)32(18-21-7-5-20(6-8-21)9-14-27(33)35-4)26-15-25(26)23-12-10-22(11-13-23)24-16-30-19-31-17-24/h5-14,16-17,19,25-26H,15,18H2,1-4H3/b14-9+. The van der Waals surface area contributed by atoms with E-state index < -0.39 is 11.6 Å². The highest BCUT2D eigenvalue weighted by molar-refractivity contribution is 5.86. The summed E-state index contributed by atoms with van der Waals surface area (Å²) in [6.07, 6.45) is 8.75. The number of nitrogens with zero attached hydrogens (tertiary/aromatic N) is 3. The molecule has 0 radical (unpaired) electrons. The molecule has 3 aromatic rings. The number of ether oxygens (including phenoxy) is 2. The second-order valence-electron chi connectivity index (χ2n) is 9.87. The fourth-order valence-electron chi connectivity index (χ4n) is 4.06. The lowest BCUT2D eigenvalue weighted by atomic mass is 10.0. The van der Waals surface area contributed by atoms with Gasteiger partial charge in [0.2, 0.25) is 0 Å². The zero-order chi connectivity index (χ0) is 25.7. The first-order valence-corrected chi connectivity index (χ1v) is 11.9. The molecule has 1 fully saturated rings. The van der Waals surface area contributed by atoms with Gasteiger partial charge in [-0.1, -0.05) is 48.5 Å². The molecular formula is C29H31N3O4. The molecule has 1 saturated carbocycles. The highest BCUT2D eigenvalue weighted by Gasteiger charge is 2.46. The molecule has 0 bridgehead atoms. The Labute approximate surface area is 211 Å². The smallest absolute Gasteiger partial charge is 0.410 e. The zero-order valence-corrected chi connectivity index (χ0v) is 21.0. The van der Waals surface area contributed by atoms with Crippen LogP contribution in [0.15, 0.2) is 73.3 Å². The third-order valence-corrected chi connectivity index (χ3v) is 5.96. The van der Waals surface area contributed by atoms with E-state index in [0.717, 1.165) is 28.7 Å². The molecule has 7 heteroatoms. The fraction of sp³-hybridized carbons (Fsp3) is 0.310. The van der Waals surface area contributed by atoms with Gasteiger partial charge < -0.3 is 14.4 Å². The van der Waals surface area contributed by atoms with Crippen LogP contribution in [0.2, 0.25) is 0 Å². The number of carbonyl (C=O) groups excluding carboxylic acids is 2. The molecule has 0 saturated heterocycles. The van der Waals surface area contributed by atoms with Crippen LogP contribution in [0.5, 0.6) is 0 Å². The largest absolute Gasteiger partial charge is 0.466 e. The highest BCUT2D eigenvalue weighted by atomic mass is 16.6. The Morgan fingerprint density at radius 1 is 1.00 bits per heavy atom. The summed E-state index contributed by atoms with van der Waals surface area (Å²) in [7, 11) is 1.35. The zero-order valence-electron chi connectivity index (χ0n) is 21.0. The molecule has 2 atom stereocenters. The number of benzene rings is 2. The molecule has 0 spiro atoms. The summed E-state index contributed by atoms with van der Waals surface area (Å²) < 4.78 is 10.4. The number of amides is 1. The molecule has 1 aromatic heterocycles. The van der Waals surface area contributed by atoms with Crippen LogP contribution in [0.4, 0.5) is 4.79 Å². The van der Waals surface area contributed by atoms with Gasteiger partial charge in [0.15, 0.2) is 0 Å². The number of rotatable bonds is 7. The van der Waals surface area contributed by atoms with Crippen molar-refractivity contribution in [2.24, 2.45) is 0 Å². The predicted octanol–water partition coefficient (Wildman–Crippen LogP) is 5.62. The lowest BCUT2D eigenvalue weighted by molar-refractivity contribution is -0.134. The first-order chi connectivity index (χ1) is 17.2. The second-order valence-corrected chi connectivity index (χ2v) is 9.87. The molecular weight excluding hydrogens is 454 g/mol. The number of hydrogen-bond acceptors (Lipinski definition) is 6. The van der Waals surface area contributed by atoms with Crippen LogP contribution in [0.1, 0.15) is 49.8 Å². The molecule has 2 unspecified atom stereocenters. The Morgan fingerprint density at radius 2 is 1.67 bits per heavy atom. The van der Waals surface area contributed by atoms with E-state index in [-0.39, 0.29) is 18.1 Å². The first-order valence-electron chi connectivity index (χ1n) is 11.9. The quantitative estimate of drug-likeness (QED) is 0.319. The summed E-state index contributed by atoms with van der Waals surface area (Å²) in [6.45, 7) is 6.07. The Morgan fingerprint density at radius 3 is 2.28 bits per heavy atom. The average Bonchev–Trinajstić information content (AvgIpc) is 3.66. The van der Waals surface area contributed by atoms with Crippen molar-refractivity contribution in [3.05, 3.63) is 90.0 Å². The molecule has 0 aliphatic heterocycles. The summed E-state index contributed by atoms with van der Waals surface area (Å²) in [6, 6.07) is 16.2. The molecule has 7 nitrogen and oxygen atoms in total. The van der Waals surface area contributed by atoms with Gasteiger partial charge in [0.25, 0.3) is 0 Å². The van der Waals surface area contributed by atoms with Gasteiger partial charge in [-0.25, -0.2) is 19.6 Å². The summed E-state index contributed by atoms with van der Waals surface area (Å²) in [5.41, 5.74) is 4.50. The number of methoxy groups -OCH3 is 1. The molecule has 36 heavy (non-hydrogen) atoms. The molecule has 1 aliphatic carbocycles. The van der Waals surface area contributed by atoms with Crippen molar-refractivity contribution in [2.75, 3.05) is 7.11 Å². The maximum Gasteiger partial charge on any atom is 0.410 e. The minimum Gasteiger partial charge on any atom is -0.466 e. The Kier molecular flexibility index (Phi) is 7.48. The second kappa shape index (κ2) is 10.7. The summed E-state index contributed by atoms with van der Waals surface area (Å²) in [4.78, 5) is 34.5. The molecule has 1 amide bonds. The van der Waals surface area contributed by atoms with Crippen LogP contribution < -0.4 is 0 Å². The fourth-order valence-corrected chi connectivity index (χ4v) is 4.06. The van der Waals surface area contributed by atoms with E-state index in [1.807, 2.05) is 49.9 Å². The van der Waals surface area contributed by atoms with Crippen molar-refractivity contribution >= 4 is 18.1 Å². The number of esters is 1. The topological polar surface area (TPSA) is 81.6 Å². The third kappa shape index (κ3) is 6.56. The molecule has 1 heterocycles. The summed E-state index contributed by atoms with van der Waals surface area (Å²) in [5.74, 6) is -0.152. The molecule has 186 valence electrons. The van der Waals surface area contributed by atoms with Crippen LogP contribution in [-0.2, 0) is 20.8 Å². The highest BCUT2D eigenvalue weighted by Crippen LogP contribution is 2.46. The maximum absolute atomic E-state index is 13.2. The monoisotopic (exact) mass is 485 g/mol. The maximum atomic E-state index is 13.2. The number of carbonyl (C=O) groups is 2. The van der Waals surface area contributed by atoms with Crippen molar-refractivity contribution in [1.82, 2.24) is 14.9 Å². The summed E-state index contributed by atoms with van der Waals surface area (Å²) in [5, 5.41) is 0. The van der Waals surface area contributed by atoms with E-state index >= 15 is 0 Å². The van der Waals surface area contributed by atoms with Gasteiger partial charge in [-0.15, -0.1) is 0 Å². The first kappa shape index (κ1) is 25.1. The van der Waals surface area contributed by atoms with Gasteiger partial charge in [0.1, 0.15) is 11.9 Å². The van der Waals surface area contributed by atoms with Crippen LogP contribution in [-0.4, -0.2) is 45.7 Å². The minimum absolute atomic E-state index is 0.0599. The lowest BCUT2D eigenvalue weighted by Gasteiger charge is -2.28. The lowest BCUT2D eigenvalue weighted by Crippen LogP contribution is -2.38. The van der Waals surface area contributed by atoms with Crippen LogP contribution >= 0.6 is 0 Å². The van der Waals surface area contributed by atoms with Crippen LogP contribution in [0.25, 0.3) is 17.2 Å². The Hall–Kier alpha value is -4.00. The van der Waals surface area contributed by atoms with Gasteiger partial charge in [0.05, 0.1) is 7.11 Å². The van der Waals surface area contributed by atoms with E-state index in [2.05, 4.69) is 39.0 Å². The molecule has 0 N–H and O–H groups in total. The minimum atomic E-state index is -0.582. The van der Waals surface area contributed by atoms with Crippen LogP contribution in [0, 0.1) is 0 Å². The summed E-state index contributed by atoms with van der Waals surface area (Å²) >= 11 is 0. The van der Waals surface area contributed by atoms with Gasteiger partial charge in [0, 0.05) is 42.5 Å². The van der Waals surface area contributed by atoms with Crippen molar-refractivity contribution in [3.8, 4) is 11.1 Å². The van der Waals surface area contributed by atoms with Crippen molar-refractivity contribution in [3.63, 3.8) is 0 Å². The average molecular weight is 486 g/mol. The number of hydrogen-bond donors (Lipinski definition) is 0. The van der Waals surface area contributed by atoms with E-state index in [0.29, 0.717) is 6.54 Å². The Bertz CT molecular complexity index is 1220. The normalized spacial score (nSPS) is 17.0. The van der Waals surface area contributed by atoms with Crippen molar-refractivity contribution < 1.29 is 19.1 Å². The molecule has 2 aromatic carbocycles. The van der Waals surface area contributed by atoms with Gasteiger partial charge >= 0.3 is 12.1 Å². The number of aromatic nitrogens is 2. The van der Waals surface area contributed by atoms with Gasteiger partial charge in [-0.3, -0.25) is 0 Å². The SMILES string of the molecule is COC(=O)/C=C/c1ccc(CN(C(=O)OC(C)(C)C)C2CC2c2ccc(-c3cncnc3)cc2)cc1.